The van der Waals surface area contributed by atoms with E-state index in [0.29, 0.717) is 0 Å². The summed E-state index contributed by atoms with van der Waals surface area (Å²) < 4.78 is 3.18. The van der Waals surface area contributed by atoms with Gasteiger partial charge in [-0.1, -0.05) is 6.42 Å². The van der Waals surface area contributed by atoms with Crippen molar-refractivity contribution in [2.24, 2.45) is 0 Å². The number of aryl methyl sites for hydroxylation is 1. The van der Waals surface area contributed by atoms with E-state index in [4.69, 9.17) is 11.6 Å². The van der Waals surface area contributed by atoms with Gasteiger partial charge in [0.05, 0.1) is 9.77 Å². The van der Waals surface area contributed by atoms with Gasteiger partial charge in [0.1, 0.15) is 0 Å². The van der Waals surface area contributed by atoms with Crippen LogP contribution >= 0.6 is 34.2 Å². The molecule has 1 heterocycles. The molecule has 12 heavy (non-hydrogen) atoms. The zero-order chi connectivity index (χ0) is 8.81. The van der Waals surface area contributed by atoms with Crippen LogP contribution in [-0.4, -0.2) is 15.7 Å². The predicted molar refractivity (Wildman–Crippen MR) is 59.5 cm³/mol. The van der Waals surface area contributed by atoms with Crippen LogP contribution < -0.4 is 0 Å². The highest BCUT2D eigenvalue weighted by molar-refractivity contribution is 14.1. The second-order valence-electron chi connectivity index (χ2n) is 2.67. The van der Waals surface area contributed by atoms with Gasteiger partial charge in [-0.2, -0.15) is 5.10 Å². The van der Waals surface area contributed by atoms with E-state index in [0.717, 1.165) is 18.8 Å². The van der Waals surface area contributed by atoms with E-state index in [9.17, 15) is 0 Å². The molecule has 68 valence electrons. The Labute approximate surface area is 91.4 Å². The normalized spacial score (nSPS) is 10.5. The molecule has 0 N–H and O–H groups in total. The van der Waals surface area contributed by atoms with Crippen molar-refractivity contribution < 1.29 is 0 Å². The van der Waals surface area contributed by atoms with Gasteiger partial charge in [0, 0.05) is 18.6 Å². The fraction of sp³-hybridized carbons (Fsp3) is 0.625. The van der Waals surface area contributed by atoms with Crippen LogP contribution in [0.2, 0.25) is 0 Å². The van der Waals surface area contributed by atoms with Crippen molar-refractivity contribution in [1.82, 2.24) is 9.78 Å². The summed E-state index contributed by atoms with van der Waals surface area (Å²) in [5.41, 5.74) is 0. The lowest BCUT2D eigenvalue weighted by Gasteiger charge is -1.99. The van der Waals surface area contributed by atoms with Crippen molar-refractivity contribution in [2.45, 2.75) is 25.8 Å². The van der Waals surface area contributed by atoms with Crippen LogP contribution in [0.15, 0.2) is 12.4 Å². The van der Waals surface area contributed by atoms with Crippen molar-refractivity contribution in [3.05, 3.63) is 16.0 Å². The Morgan fingerprint density at radius 1 is 1.42 bits per heavy atom. The summed E-state index contributed by atoms with van der Waals surface area (Å²) in [7, 11) is 0. The second kappa shape index (κ2) is 5.80. The monoisotopic (exact) mass is 298 g/mol. The van der Waals surface area contributed by atoms with Crippen molar-refractivity contribution in [2.75, 3.05) is 5.88 Å². The minimum atomic E-state index is 0.774. The summed E-state index contributed by atoms with van der Waals surface area (Å²) in [5, 5.41) is 4.19. The number of unbranched alkanes of at least 4 members (excludes halogenated alkanes) is 2. The highest BCUT2D eigenvalue weighted by atomic mass is 127. The zero-order valence-corrected chi connectivity index (χ0v) is 9.75. The topological polar surface area (TPSA) is 17.8 Å². The number of halogens is 2. The van der Waals surface area contributed by atoms with Gasteiger partial charge in [0.25, 0.3) is 0 Å². The Hall–Kier alpha value is 0.230. The smallest absolute Gasteiger partial charge is 0.0623 e. The third-order valence-corrected chi connectivity index (χ3v) is 2.45. The summed E-state index contributed by atoms with van der Waals surface area (Å²) >= 11 is 7.83. The van der Waals surface area contributed by atoms with Crippen molar-refractivity contribution in [3.63, 3.8) is 0 Å². The summed E-state index contributed by atoms with van der Waals surface area (Å²) in [6, 6.07) is 0. The first-order valence-corrected chi connectivity index (χ1v) is 5.68. The summed E-state index contributed by atoms with van der Waals surface area (Å²) in [4.78, 5) is 0. The summed E-state index contributed by atoms with van der Waals surface area (Å²) in [6.45, 7) is 1.01. The molecule has 1 aromatic heterocycles. The molecule has 0 aliphatic rings. The van der Waals surface area contributed by atoms with Gasteiger partial charge in [-0.25, -0.2) is 0 Å². The van der Waals surface area contributed by atoms with Crippen LogP contribution in [0.5, 0.6) is 0 Å². The van der Waals surface area contributed by atoms with Crippen LogP contribution in [0.3, 0.4) is 0 Å². The highest BCUT2D eigenvalue weighted by Crippen LogP contribution is 2.04. The standard InChI is InChI=1S/C8H12ClIN2/c9-4-2-1-3-5-12-7-8(10)6-11-12/h6-7H,1-5H2. The van der Waals surface area contributed by atoms with Crippen molar-refractivity contribution >= 4 is 34.2 Å². The Balaban J connectivity index is 2.15. The molecule has 0 radical (unpaired) electrons. The molecular weight excluding hydrogens is 286 g/mol. The van der Waals surface area contributed by atoms with E-state index in [-0.39, 0.29) is 0 Å². The number of nitrogens with zero attached hydrogens (tertiary/aromatic N) is 2. The van der Waals surface area contributed by atoms with E-state index in [1.54, 1.807) is 0 Å². The van der Waals surface area contributed by atoms with Crippen LogP contribution in [0, 0.1) is 3.57 Å². The predicted octanol–water partition coefficient (Wildman–Crippen LogP) is 2.90. The molecule has 0 amide bonds. The average molecular weight is 299 g/mol. The lowest BCUT2D eigenvalue weighted by molar-refractivity contribution is 0.554. The zero-order valence-electron chi connectivity index (χ0n) is 6.84. The largest absolute Gasteiger partial charge is 0.272 e. The van der Waals surface area contributed by atoms with Crippen LogP contribution in [0.25, 0.3) is 0 Å². The molecule has 2 nitrogen and oxygen atoms in total. The minimum absolute atomic E-state index is 0.774. The molecule has 1 rings (SSSR count). The molecule has 0 bridgehead atoms. The van der Waals surface area contributed by atoms with Crippen LogP contribution in [-0.2, 0) is 6.54 Å². The molecule has 0 aliphatic carbocycles. The number of hydrogen-bond donors (Lipinski definition) is 0. The second-order valence-corrected chi connectivity index (χ2v) is 4.29. The Bertz CT molecular complexity index is 225. The van der Waals surface area contributed by atoms with E-state index >= 15 is 0 Å². The maximum atomic E-state index is 5.56. The fourth-order valence-corrected chi connectivity index (χ4v) is 1.64. The SMILES string of the molecule is ClCCCCCn1cc(I)cn1. The third-order valence-electron chi connectivity index (χ3n) is 1.62. The van der Waals surface area contributed by atoms with E-state index in [2.05, 4.69) is 33.9 Å². The van der Waals surface area contributed by atoms with Gasteiger partial charge >= 0.3 is 0 Å². The molecule has 0 saturated heterocycles. The summed E-state index contributed by atoms with van der Waals surface area (Å²) in [5.74, 6) is 0.774. The van der Waals surface area contributed by atoms with Crippen LogP contribution in [0.1, 0.15) is 19.3 Å². The molecule has 4 heteroatoms. The average Bonchev–Trinajstić information content (AvgIpc) is 2.45. The van der Waals surface area contributed by atoms with Crippen LogP contribution in [0.4, 0.5) is 0 Å². The van der Waals surface area contributed by atoms with Gasteiger partial charge in [-0.3, -0.25) is 4.68 Å². The molecule has 1 aromatic rings. The number of alkyl halides is 1. The quantitative estimate of drug-likeness (QED) is 0.464. The summed E-state index contributed by atoms with van der Waals surface area (Å²) in [6.07, 6.45) is 7.41. The Morgan fingerprint density at radius 2 is 2.25 bits per heavy atom. The van der Waals surface area contributed by atoms with E-state index in [1.165, 1.54) is 16.4 Å². The minimum Gasteiger partial charge on any atom is -0.272 e. The van der Waals surface area contributed by atoms with E-state index in [1.807, 2.05) is 10.9 Å². The van der Waals surface area contributed by atoms with Gasteiger partial charge in [0.15, 0.2) is 0 Å². The molecule has 0 spiro atoms. The third kappa shape index (κ3) is 3.76. The molecule has 0 saturated carbocycles. The number of aromatic nitrogens is 2. The van der Waals surface area contributed by atoms with Crippen molar-refractivity contribution in [1.29, 1.82) is 0 Å². The van der Waals surface area contributed by atoms with Gasteiger partial charge in [-0.05, 0) is 35.4 Å². The number of rotatable bonds is 5. The van der Waals surface area contributed by atoms with Gasteiger partial charge in [0.2, 0.25) is 0 Å². The fourth-order valence-electron chi connectivity index (χ4n) is 1.01. The lowest BCUT2D eigenvalue weighted by atomic mass is 10.2. The first-order chi connectivity index (χ1) is 5.83. The molecule has 0 atom stereocenters. The first kappa shape index (κ1) is 10.3. The molecule has 0 unspecified atom stereocenters. The van der Waals surface area contributed by atoms with E-state index < -0.39 is 0 Å². The molecule has 0 aliphatic heterocycles. The van der Waals surface area contributed by atoms with Gasteiger partial charge in [-0.15, -0.1) is 11.6 Å². The Morgan fingerprint density at radius 3 is 2.83 bits per heavy atom. The highest BCUT2D eigenvalue weighted by Gasteiger charge is 1.94. The Kier molecular flexibility index (Phi) is 4.99. The maximum Gasteiger partial charge on any atom is 0.0623 e. The number of hydrogen-bond acceptors (Lipinski definition) is 1. The molecule has 0 aromatic carbocycles. The molecular formula is C8H12ClIN2. The van der Waals surface area contributed by atoms with Crippen molar-refractivity contribution in [3.8, 4) is 0 Å². The van der Waals surface area contributed by atoms with Gasteiger partial charge < -0.3 is 0 Å². The maximum absolute atomic E-state index is 5.56. The first-order valence-electron chi connectivity index (χ1n) is 4.07. The molecule has 0 fully saturated rings. The lowest BCUT2D eigenvalue weighted by Crippen LogP contribution is -1.97.